The van der Waals surface area contributed by atoms with Gasteiger partial charge in [0.1, 0.15) is 13.2 Å². The van der Waals surface area contributed by atoms with Gasteiger partial charge < -0.3 is 14.2 Å². The average Bonchev–Trinajstić information content (AvgIpc) is 3.38. The van der Waals surface area contributed by atoms with Gasteiger partial charge in [-0.3, -0.25) is 14.4 Å². The summed E-state index contributed by atoms with van der Waals surface area (Å²) < 4.78 is 16.7. The molecule has 1 atom stereocenters. The van der Waals surface area contributed by atoms with Crippen LogP contribution in [-0.2, 0) is 28.6 Å². The van der Waals surface area contributed by atoms with E-state index in [9.17, 15) is 14.4 Å². The first-order valence-electron chi connectivity index (χ1n) is 28.5. The lowest BCUT2D eigenvalue weighted by Crippen LogP contribution is -2.30. The summed E-state index contributed by atoms with van der Waals surface area (Å²) in [6.45, 7) is 6.24. The highest BCUT2D eigenvalue weighted by Gasteiger charge is 2.19. The Hall–Kier alpha value is -4.97. The molecule has 1 unspecified atom stereocenters. The van der Waals surface area contributed by atoms with Crippen LogP contribution in [0.1, 0.15) is 220 Å². The summed E-state index contributed by atoms with van der Waals surface area (Å²) in [6, 6.07) is 0. The third-order valence-corrected chi connectivity index (χ3v) is 11.2. The van der Waals surface area contributed by atoms with Crippen LogP contribution in [0.2, 0.25) is 0 Å². The number of unbranched alkanes of at least 4 members (excludes halogenated alkanes) is 12. The SMILES string of the molecule is CC/C=C\C/C=C\C/C=C\C/C=C\C/C=C\C/C=C\C/C=C\C/C=C\CCCCCCCCC(=O)OCC(COC(=O)CCCCCCC/C=C\CCC)OC(=O)CC/C=C\C/C=C\C/C=C\C/C=C\CC. The molecule has 0 rings (SSSR count). The van der Waals surface area contributed by atoms with E-state index in [4.69, 9.17) is 14.2 Å². The summed E-state index contributed by atoms with van der Waals surface area (Å²) in [7, 11) is 0. The molecular formula is C66H102O6. The lowest BCUT2D eigenvalue weighted by atomic mass is 10.1. The van der Waals surface area contributed by atoms with E-state index in [2.05, 4.69) is 167 Å². The second-order valence-corrected chi connectivity index (χ2v) is 18.1. The molecule has 0 bridgehead atoms. The zero-order valence-corrected chi connectivity index (χ0v) is 45.9. The van der Waals surface area contributed by atoms with Crippen LogP contribution in [0.4, 0.5) is 0 Å². The van der Waals surface area contributed by atoms with Crippen LogP contribution in [0, 0.1) is 0 Å². The van der Waals surface area contributed by atoms with Gasteiger partial charge >= 0.3 is 17.9 Å². The van der Waals surface area contributed by atoms with Gasteiger partial charge in [0.25, 0.3) is 0 Å². The molecule has 0 fully saturated rings. The predicted octanol–water partition coefficient (Wildman–Crippen LogP) is 19.4. The van der Waals surface area contributed by atoms with Crippen molar-refractivity contribution in [1.82, 2.24) is 0 Å². The van der Waals surface area contributed by atoms with Crippen molar-refractivity contribution in [2.24, 2.45) is 0 Å². The number of carbonyl (C=O) groups is 3. The van der Waals surface area contributed by atoms with Gasteiger partial charge in [-0.1, -0.05) is 230 Å². The molecule has 0 N–H and O–H groups in total. The van der Waals surface area contributed by atoms with Crippen molar-refractivity contribution in [3.8, 4) is 0 Å². The lowest BCUT2D eigenvalue weighted by Gasteiger charge is -2.18. The smallest absolute Gasteiger partial charge is 0.306 e. The van der Waals surface area contributed by atoms with E-state index in [1.54, 1.807) is 0 Å². The molecule has 0 aromatic rings. The van der Waals surface area contributed by atoms with E-state index >= 15 is 0 Å². The first kappa shape index (κ1) is 67.0. The molecule has 0 aliphatic heterocycles. The van der Waals surface area contributed by atoms with E-state index in [1.165, 1.54) is 25.7 Å². The molecule has 0 amide bonds. The van der Waals surface area contributed by atoms with E-state index in [-0.39, 0.29) is 31.6 Å². The topological polar surface area (TPSA) is 78.9 Å². The first-order chi connectivity index (χ1) is 35.5. The molecule has 0 aliphatic carbocycles. The second kappa shape index (κ2) is 58.6. The lowest BCUT2D eigenvalue weighted by molar-refractivity contribution is -0.166. The summed E-state index contributed by atoms with van der Waals surface area (Å²) in [6.07, 6.45) is 85.5. The molecule has 0 saturated carbocycles. The zero-order valence-electron chi connectivity index (χ0n) is 45.9. The highest BCUT2D eigenvalue weighted by molar-refractivity contribution is 5.71. The van der Waals surface area contributed by atoms with Crippen molar-refractivity contribution in [1.29, 1.82) is 0 Å². The van der Waals surface area contributed by atoms with Crippen molar-refractivity contribution in [3.63, 3.8) is 0 Å². The molecule has 402 valence electrons. The standard InChI is InChI=1S/C66H102O6/c1-4-7-10-13-16-19-22-24-25-26-27-28-29-30-31-32-33-34-35-36-37-38-39-40-41-43-44-47-50-53-56-59-65(68)71-62-63(61-70-64(67)58-55-52-49-46-21-18-15-12-9-6-3)72-66(69)60-57-54-51-48-45-42-23-20-17-14-11-8-5-2/h7-8,10-12,15-17,19-20,24-25,27-28,30-31,33-34,36-37,39-40,42,45,51,54,63H,4-6,9,13-14,18,21-23,26,29,32,35,38,41,43-44,46-50,52-53,55-62H2,1-3H3/b10-7-,11-8-,15-12-,19-16-,20-17-,25-24-,28-27-,31-30-,34-33-,37-36-,40-39-,45-42-,54-51-. The van der Waals surface area contributed by atoms with Crippen molar-refractivity contribution in [3.05, 3.63) is 158 Å². The zero-order chi connectivity index (χ0) is 52.2. The number of carbonyl (C=O) groups excluding carboxylic acids is 3. The van der Waals surface area contributed by atoms with Crippen molar-refractivity contribution >= 4 is 17.9 Å². The molecule has 0 aromatic heterocycles. The van der Waals surface area contributed by atoms with Gasteiger partial charge in [-0.2, -0.15) is 0 Å². The van der Waals surface area contributed by atoms with Crippen LogP contribution in [0.25, 0.3) is 0 Å². The fourth-order valence-corrected chi connectivity index (χ4v) is 7.06. The summed E-state index contributed by atoms with van der Waals surface area (Å²) >= 11 is 0. The Morgan fingerprint density at radius 3 is 0.917 bits per heavy atom. The predicted molar refractivity (Wildman–Crippen MR) is 311 cm³/mol. The summed E-state index contributed by atoms with van der Waals surface area (Å²) in [5, 5.41) is 0. The van der Waals surface area contributed by atoms with Crippen LogP contribution >= 0.6 is 0 Å². The Labute approximate surface area is 441 Å². The van der Waals surface area contributed by atoms with Gasteiger partial charge in [0.05, 0.1) is 0 Å². The quantitative estimate of drug-likeness (QED) is 0.0262. The van der Waals surface area contributed by atoms with Gasteiger partial charge in [-0.15, -0.1) is 0 Å². The third-order valence-electron chi connectivity index (χ3n) is 11.2. The van der Waals surface area contributed by atoms with Gasteiger partial charge in [0.2, 0.25) is 0 Å². The molecular weight excluding hydrogens is 889 g/mol. The van der Waals surface area contributed by atoms with Gasteiger partial charge in [-0.05, 0) is 128 Å². The van der Waals surface area contributed by atoms with Gasteiger partial charge in [0, 0.05) is 19.3 Å². The van der Waals surface area contributed by atoms with Crippen molar-refractivity contribution < 1.29 is 28.6 Å². The fraction of sp³-hybridized carbons (Fsp3) is 0.561. The highest BCUT2D eigenvalue weighted by atomic mass is 16.6. The number of hydrogen-bond donors (Lipinski definition) is 0. The van der Waals surface area contributed by atoms with Crippen LogP contribution in [0.3, 0.4) is 0 Å². The number of hydrogen-bond acceptors (Lipinski definition) is 6. The Kier molecular flexibility index (Phi) is 54.6. The molecule has 0 saturated heterocycles. The van der Waals surface area contributed by atoms with Gasteiger partial charge in [-0.25, -0.2) is 0 Å². The molecule has 0 aliphatic rings. The molecule has 0 radical (unpaired) electrons. The molecule has 6 heteroatoms. The fourth-order valence-electron chi connectivity index (χ4n) is 7.06. The first-order valence-corrected chi connectivity index (χ1v) is 28.5. The van der Waals surface area contributed by atoms with E-state index in [1.807, 2.05) is 12.2 Å². The van der Waals surface area contributed by atoms with E-state index < -0.39 is 12.1 Å². The number of allylic oxidation sites excluding steroid dienone is 26. The van der Waals surface area contributed by atoms with Crippen LogP contribution < -0.4 is 0 Å². The Morgan fingerprint density at radius 2 is 0.569 bits per heavy atom. The number of esters is 3. The Morgan fingerprint density at radius 1 is 0.292 bits per heavy atom. The van der Waals surface area contributed by atoms with Gasteiger partial charge in [0.15, 0.2) is 6.10 Å². The Balaban J connectivity index is 4.32. The normalized spacial score (nSPS) is 13.3. The van der Waals surface area contributed by atoms with Crippen molar-refractivity contribution in [2.75, 3.05) is 13.2 Å². The third kappa shape index (κ3) is 56.0. The minimum Gasteiger partial charge on any atom is -0.462 e. The maximum atomic E-state index is 12.8. The maximum Gasteiger partial charge on any atom is 0.306 e. The van der Waals surface area contributed by atoms with Crippen LogP contribution in [0.5, 0.6) is 0 Å². The number of ether oxygens (including phenoxy) is 3. The average molecular weight is 992 g/mol. The van der Waals surface area contributed by atoms with E-state index in [0.29, 0.717) is 19.3 Å². The number of rotatable bonds is 49. The highest BCUT2D eigenvalue weighted by Crippen LogP contribution is 2.12. The molecule has 0 aromatic carbocycles. The largest absolute Gasteiger partial charge is 0.462 e. The molecule has 72 heavy (non-hydrogen) atoms. The minimum absolute atomic E-state index is 0.122. The monoisotopic (exact) mass is 991 g/mol. The summed E-state index contributed by atoms with van der Waals surface area (Å²) in [5.74, 6) is -1.04. The second-order valence-electron chi connectivity index (χ2n) is 18.1. The van der Waals surface area contributed by atoms with Crippen LogP contribution in [-0.4, -0.2) is 37.2 Å². The summed E-state index contributed by atoms with van der Waals surface area (Å²) in [5.41, 5.74) is 0. The Bertz CT molecular complexity index is 1660. The molecule has 0 spiro atoms. The summed E-state index contributed by atoms with van der Waals surface area (Å²) in [4.78, 5) is 37.9. The van der Waals surface area contributed by atoms with Crippen LogP contribution in [0.15, 0.2) is 158 Å². The molecule has 0 heterocycles. The van der Waals surface area contributed by atoms with Crippen molar-refractivity contribution in [2.45, 2.75) is 226 Å². The maximum absolute atomic E-state index is 12.8. The van der Waals surface area contributed by atoms with E-state index in [0.717, 1.165) is 148 Å². The minimum atomic E-state index is -0.831. The molecule has 6 nitrogen and oxygen atoms in total.